The molecule has 1 aliphatic heterocycles. The molecule has 3 nitrogen and oxygen atoms in total. The number of hydrogen-bond acceptors (Lipinski definition) is 2. The third-order valence-electron chi connectivity index (χ3n) is 1.72. The molecule has 68 valence electrons. The van der Waals surface area contributed by atoms with Crippen molar-refractivity contribution in [2.45, 2.75) is 4.90 Å². The number of anilines is 1. The highest BCUT2D eigenvalue weighted by Gasteiger charge is 2.20. The molecule has 1 heterocycles. The maximum Gasteiger partial charge on any atom is 0.237 e. The second-order valence-electron chi connectivity index (χ2n) is 2.68. The second-order valence-corrected chi connectivity index (χ2v) is 5.34. The first-order valence-electron chi connectivity index (χ1n) is 3.64. The fourth-order valence-electron chi connectivity index (χ4n) is 1.18. The van der Waals surface area contributed by atoms with E-state index in [1.54, 1.807) is 6.07 Å². The fraction of sp³-hybridized carbons (Fsp3) is 0.125. The summed E-state index contributed by atoms with van der Waals surface area (Å²) in [6.07, 6.45) is 0. The molecule has 1 amide bonds. The van der Waals surface area contributed by atoms with Crippen LogP contribution in [0.15, 0.2) is 23.1 Å². The molecule has 0 aromatic heterocycles. The smallest absolute Gasteiger partial charge is 0.237 e. The molecule has 13 heavy (non-hydrogen) atoms. The predicted octanol–water partition coefficient (Wildman–Crippen LogP) is 1.35. The van der Waals surface area contributed by atoms with Gasteiger partial charge in [-0.25, -0.2) is 0 Å². The lowest BCUT2D eigenvalue weighted by Crippen LogP contribution is -2.25. The average Bonchev–Trinajstić information content (AvgIpc) is 2.02. The Morgan fingerprint density at radius 3 is 3.00 bits per heavy atom. The zero-order valence-electron chi connectivity index (χ0n) is 6.54. The van der Waals surface area contributed by atoms with Crippen LogP contribution >= 0.6 is 22.6 Å². The van der Waals surface area contributed by atoms with E-state index in [9.17, 15) is 9.00 Å². The van der Waals surface area contributed by atoms with Crippen LogP contribution in [0, 0.1) is 3.57 Å². The number of carbonyl (C=O) groups is 1. The zero-order valence-corrected chi connectivity index (χ0v) is 9.52. The van der Waals surface area contributed by atoms with Gasteiger partial charge in [0, 0.05) is 3.57 Å². The molecule has 0 saturated heterocycles. The predicted molar refractivity (Wildman–Crippen MR) is 59.1 cm³/mol. The summed E-state index contributed by atoms with van der Waals surface area (Å²) in [4.78, 5) is 11.8. The Morgan fingerprint density at radius 1 is 1.46 bits per heavy atom. The van der Waals surface area contributed by atoms with Crippen molar-refractivity contribution in [2.24, 2.45) is 0 Å². The quantitative estimate of drug-likeness (QED) is 0.736. The van der Waals surface area contributed by atoms with Gasteiger partial charge >= 0.3 is 0 Å². The van der Waals surface area contributed by atoms with Crippen molar-refractivity contribution in [3.63, 3.8) is 0 Å². The molecule has 0 bridgehead atoms. The molecule has 1 aliphatic rings. The lowest BCUT2D eigenvalue weighted by Gasteiger charge is -2.15. The van der Waals surface area contributed by atoms with Crippen molar-refractivity contribution >= 4 is 45.0 Å². The topological polar surface area (TPSA) is 46.2 Å². The Balaban J connectivity index is 2.55. The van der Waals surface area contributed by atoms with Crippen LogP contribution in [0.3, 0.4) is 0 Å². The summed E-state index contributed by atoms with van der Waals surface area (Å²) < 4.78 is 12.5. The van der Waals surface area contributed by atoms with Crippen molar-refractivity contribution < 1.29 is 9.00 Å². The van der Waals surface area contributed by atoms with Gasteiger partial charge in [-0.15, -0.1) is 0 Å². The Kier molecular flexibility index (Phi) is 2.37. The molecule has 1 unspecified atom stereocenters. The lowest BCUT2D eigenvalue weighted by molar-refractivity contribution is -0.113. The van der Waals surface area contributed by atoms with Gasteiger partial charge in [0.2, 0.25) is 5.91 Å². The highest BCUT2D eigenvalue weighted by molar-refractivity contribution is 14.1. The van der Waals surface area contributed by atoms with Gasteiger partial charge in [0.15, 0.2) is 0 Å². The van der Waals surface area contributed by atoms with E-state index >= 15 is 0 Å². The van der Waals surface area contributed by atoms with Gasteiger partial charge in [-0.3, -0.25) is 9.00 Å². The fourth-order valence-corrected chi connectivity index (χ4v) is 2.71. The van der Waals surface area contributed by atoms with Crippen LogP contribution in [-0.4, -0.2) is 15.9 Å². The minimum absolute atomic E-state index is 0.0770. The third kappa shape index (κ3) is 1.76. The van der Waals surface area contributed by atoms with Crippen LogP contribution in [0.25, 0.3) is 0 Å². The first-order chi connectivity index (χ1) is 6.16. The average molecular weight is 307 g/mol. The lowest BCUT2D eigenvalue weighted by atomic mass is 10.3. The van der Waals surface area contributed by atoms with Crippen molar-refractivity contribution in [1.82, 2.24) is 0 Å². The highest BCUT2D eigenvalue weighted by atomic mass is 127. The molecule has 2 rings (SSSR count). The number of benzene rings is 1. The van der Waals surface area contributed by atoms with Gasteiger partial charge in [0.25, 0.3) is 0 Å². The van der Waals surface area contributed by atoms with E-state index in [1.807, 2.05) is 12.1 Å². The van der Waals surface area contributed by atoms with E-state index in [1.165, 1.54) is 0 Å². The van der Waals surface area contributed by atoms with Crippen molar-refractivity contribution in [3.8, 4) is 0 Å². The van der Waals surface area contributed by atoms with E-state index in [4.69, 9.17) is 0 Å². The Hall–Kier alpha value is -0.430. The number of carbonyl (C=O) groups excluding carboxylic acids is 1. The third-order valence-corrected chi connectivity index (χ3v) is 3.77. The first-order valence-corrected chi connectivity index (χ1v) is 6.04. The van der Waals surface area contributed by atoms with Crippen LogP contribution in [0.5, 0.6) is 0 Å². The van der Waals surface area contributed by atoms with Crippen molar-refractivity contribution in [2.75, 3.05) is 11.1 Å². The maximum atomic E-state index is 11.5. The second kappa shape index (κ2) is 3.38. The van der Waals surface area contributed by atoms with Crippen LogP contribution in [0.2, 0.25) is 0 Å². The summed E-state index contributed by atoms with van der Waals surface area (Å²) in [5, 5.41) is 2.69. The van der Waals surface area contributed by atoms with Gasteiger partial charge in [-0.2, -0.15) is 0 Å². The standard InChI is InChI=1S/C8H6INO2S/c9-5-1-2-7-6(3-5)10-8(11)4-13(7)12/h1-3H,4H2,(H,10,11). The van der Waals surface area contributed by atoms with Gasteiger partial charge in [-0.1, -0.05) is 0 Å². The van der Waals surface area contributed by atoms with E-state index < -0.39 is 10.8 Å². The van der Waals surface area contributed by atoms with Crippen molar-refractivity contribution in [3.05, 3.63) is 21.8 Å². The summed E-state index contributed by atoms with van der Waals surface area (Å²) in [6, 6.07) is 5.51. The minimum atomic E-state index is -1.17. The summed E-state index contributed by atoms with van der Waals surface area (Å²) in [5.41, 5.74) is 0.682. The maximum absolute atomic E-state index is 11.5. The number of fused-ring (bicyclic) bond motifs is 1. The molecule has 0 fully saturated rings. The van der Waals surface area contributed by atoms with Crippen LogP contribution in [-0.2, 0) is 15.6 Å². The van der Waals surface area contributed by atoms with E-state index in [-0.39, 0.29) is 11.7 Å². The number of amides is 1. The molecular weight excluding hydrogens is 301 g/mol. The molecular formula is C8H6INO2S. The molecule has 5 heteroatoms. The van der Waals surface area contributed by atoms with Crippen LogP contribution in [0.4, 0.5) is 5.69 Å². The van der Waals surface area contributed by atoms with E-state index in [2.05, 4.69) is 27.9 Å². The summed E-state index contributed by atoms with van der Waals surface area (Å²) in [5.74, 6) is -0.0963. The molecule has 0 radical (unpaired) electrons. The molecule has 0 aliphatic carbocycles. The van der Waals surface area contributed by atoms with Crippen molar-refractivity contribution in [1.29, 1.82) is 0 Å². The molecule has 0 spiro atoms. The summed E-state index contributed by atoms with van der Waals surface area (Å²) in [6.45, 7) is 0. The first kappa shape index (κ1) is 9.14. The molecule has 1 aromatic rings. The molecule has 0 saturated carbocycles. The number of halogens is 1. The van der Waals surface area contributed by atoms with Gasteiger partial charge < -0.3 is 5.32 Å². The minimum Gasteiger partial charge on any atom is -0.324 e. The van der Waals surface area contributed by atoms with Gasteiger partial charge in [0.05, 0.1) is 21.4 Å². The molecule has 1 atom stereocenters. The number of rotatable bonds is 0. The Bertz CT molecular complexity index is 405. The number of nitrogens with one attached hydrogen (secondary N) is 1. The SMILES string of the molecule is O=C1CS(=O)c2ccc(I)cc2N1. The largest absolute Gasteiger partial charge is 0.324 e. The van der Waals surface area contributed by atoms with Crippen LogP contribution in [0.1, 0.15) is 0 Å². The molecule has 1 N–H and O–H groups in total. The van der Waals surface area contributed by atoms with Gasteiger partial charge in [0.1, 0.15) is 5.75 Å². The molecule has 1 aromatic carbocycles. The van der Waals surface area contributed by atoms with Gasteiger partial charge in [-0.05, 0) is 40.8 Å². The summed E-state index contributed by atoms with van der Waals surface area (Å²) in [7, 11) is -1.17. The van der Waals surface area contributed by atoms with Crippen LogP contribution < -0.4 is 5.32 Å². The normalized spacial score (nSPS) is 20.7. The zero-order chi connectivity index (χ0) is 9.42. The van der Waals surface area contributed by atoms with E-state index in [0.717, 1.165) is 8.47 Å². The summed E-state index contributed by atoms with van der Waals surface area (Å²) >= 11 is 2.15. The Labute approximate surface area is 91.5 Å². The monoisotopic (exact) mass is 307 g/mol. The number of hydrogen-bond donors (Lipinski definition) is 1. The Morgan fingerprint density at radius 2 is 2.23 bits per heavy atom. The van der Waals surface area contributed by atoms with E-state index in [0.29, 0.717) is 5.69 Å². The highest BCUT2D eigenvalue weighted by Crippen LogP contribution is 2.25.